The Morgan fingerprint density at radius 3 is 2.69 bits per heavy atom. The van der Waals surface area contributed by atoms with E-state index >= 15 is 0 Å². The van der Waals surface area contributed by atoms with Gasteiger partial charge in [0.15, 0.2) is 0 Å². The largest absolute Gasteiger partial charge is 0.475 e. The zero-order valence-corrected chi connectivity index (χ0v) is 19.1. The summed E-state index contributed by atoms with van der Waals surface area (Å²) in [6.45, 7) is 10.6. The number of anilines is 1. The lowest BCUT2D eigenvalue weighted by molar-refractivity contribution is 0.0268. The molecule has 0 unspecified atom stereocenters. The maximum absolute atomic E-state index is 10.1. The minimum absolute atomic E-state index is 0.120. The van der Waals surface area contributed by atoms with Crippen LogP contribution in [-0.2, 0) is 4.74 Å². The fourth-order valence-electron chi connectivity index (χ4n) is 3.84. The number of rotatable bonds is 6. The van der Waals surface area contributed by atoms with Gasteiger partial charge in [-0.05, 0) is 51.5 Å². The molecular formula is C24H31N5O3. The first kappa shape index (κ1) is 22.1. The van der Waals surface area contributed by atoms with Crippen molar-refractivity contribution in [3.05, 3.63) is 52.8 Å². The fourth-order valence-corrected chi connectivity index (χ4v) is 3.84. The number of benzene rings is 1. The first-order chi connectivity index (χ1) is 15.2. The monoisotopic (exact) mass is 437 g/mol. The van der Waals surface area contributed by atoms with Crippen molar-refractivity contribution in [2.75, 3.05) is 37.8 Å². The Bertz CT molecular complexity index is 1140. The van der Waals surface area contributed by atoms with Crippen LogP contribution in [0.3, 0.4) is 0 Å². The molecule has 0 bridgehead atoms. The van der Waals surface area contributed by atoms with E-state index in [1.165, 1.54) is 5.56 Å². The molecule has 4 rings (SSSR count). The third-order valence-corrected chi connectivity index (χ3v) is 5.69. The van der Waals surface area contributed by atoms with Gasteiger partial charge in [-0.25, -0.2) is 4.98 Å². The highest BCUT2D eigenvalue weighted by Crippen LogP contribution is 2.27. The molecule has 0 saturated carbocycles. The molecule has 1 aliphatic rings. The van der Waals surface area contributed by atoms with Gasteiger partial charge in [0.05, 0.1) is 24.5 Å². The number of morpholine rings is 1. The van der Waals surface area contributed by atoms with Crippen molar-refractivity contribution in [1.29, 1.82) is 0 Å². The topological polar surface area (TPSA) is 109 Å². The third kappa shape index (κ3) is 4.71. The second kappa shape index (κ2) is 8.80. The highest BCUT2D eigenvalue weighted by molar-refractivity contribution is 6.13. The molecule has 0 aliphatic carbocycles. The van der Waals surface area contributed by atoms with E-state index in [1.807, 2.05) is 24.3 Å². The summed E-state index contributed by atoms with van der Waals surface area (Å²) in [6, 6.07) is 9.97. The molecule has 1 fully saturated rings. The molecular weight excluding hydrogens is 406 g/mol. The van der Waals surface area contributed by atoms with Crippen LogP contribution in [0.1, 0.15) is 36.4 Å². The highest BCUT2D eigenvalue weighted by Gasteiger charge is 2.20. The van der Waals surface area contributed by atoms with Crippen LogP contribution in [0, 0.1) is 13.8 Å². The number of H-pyrrole nitrogens is 1. The third-order valence-electron chi connectivity index (χ3n) is 5.69. The molecule has 3 heterocycles. The summed E-state index contributed by atoms with van der Waals surface area (Å²) in [5.41, 5.74) is 5.46. The van der Waals surface area contributed by atoms with E-state index in [9.17, 15) is 5.11 Å². The van der Waals surface area contributed by atoms with Gasteiger partial charge in [0.2, 0.25) is 5.88 Å². The zero-order chi connectivity index (χ0) is 22.9. The molecule has 0 amide bonds. The van der Waals surface area contributed by atoms with Crippen LogP contribution < -0.4 is 15.5 Å². The van der Waals surface area contributed by atoms with Crippen molar-refractivity contribution >= 4 is 22.3 Å². The molecule has 3 aromatic rings. The van der Waals surface area contributed by atoms with Crippen molar-refractivity contribution in [2.24, 2.45) is 10.9 Å². The zero-order valence-electron chi connectivity index (χ0n) is 19.1. The Kier molecular flexibility index (Phi) is 6.08. The first-order valence-electron chi connectivity index (χ1n) is 10.8. The second-order valence-corrected chi connectivity index (χ2v) is 8.86. The molecule has 4 N–H and O–H groups in total. The van der Waals surface area contributed by atoms with E-state index in [0.717, 1.165) is 40.9 Å². The van der Waals surface area contributed by atoms with Crippen molar-refractivity contribution in [1.82, 2.24) is 9.97 Å². The summed E-state index contributed by atoms with van der Waals surface area (Å²) in [5.74, 6) is 6.29. The number of ether oxygens (including phenoxy) is 2. The van der Waals surface area contributed by atoms with Gasteiger partial charge in [-0.1, -0.05) is 6.07 Å². The lowest BCUT2D eigenvalue weighted by atomic mass is 10.0. The molecule has 0 atom stereocenters. The highest BCUT2D eigenvalue weighted by atomic mass is 16.5. The molecule has 170 valence electrons. The van der Waals surface area contributed by atoms with Crippen molar-refractivity contribution in [3.63, 3.8) is 0 Å². The van der Waals surface area contributed by atoms with E-state index in [4.69, 9.17) is 15.3 Å². The Balaban J connectivity index is 1.76. The van der Waals surface area contributed by atoms with Gasteiger partial charge >= 0.3 is 0 Å². The standard InChI is InChI=1S/C24H31N5O3/c1-15-16(2)26-20-6-5-17(11-19(15)20)23(28-25)21-12-18(29-7-9-31-10-8-29)13-22(27-21)32-14-24(3,4)30/h5-6,11-13,26,30H,7-10,14,25H2,1-4H3. The van der Waals surface area contributed by atoms with E-state index in [1.54, 1.807) is 13.8 Å². The van der Waals surface area contributed by atoms with Crippen LogP contribution in [0.15, 0.2) is 35.4 Å². The molecule has 0 spiro atoms. The molecule has 1 aromatic carbocycles. The van der Waals surface area contributed by atoms with Crippen LogP contribution in [0.2, 0.25) is 0 Å². The maximum Gasteiger partial charge on any atom is 0.216 e. The average molecular weight is 438 g/mol. The summed E-state index contributed by atoms with van der Waals surface area (Å²) >= 11 is 0. The number of aromatic amines is 1. The summed E-state index contributed by atoms with van der Waals surface area (Å²) in [4.78, 5) is 10.3. The van der Waals surface area contributed by atoms with Crippen molar-refractivity contribution in [3.8, 4) is 5.88 Å². The van der Waals surface area contributed by atoms with E-state index < -0.39 is 5.60 Å². The summed E-state index contributed by atoms with van der Waals surface area (Å²) < 4.78 is 11.3. The van der Waals surface area contributed by atoms with Crippen LogP contribution in [0.4, 0.5) is 5.69 Å². The molecule has 8 heteroatoms. The van der Waals surface area contributed by atoms with Crippen molar-refractivity contribution in [2.45, 2.75) is 33.3 Å². The lowest BCUT2D eigenvalue weighted by Crippen LogP contribution is -2.36. The smallest absolute Gasteiger partial charge is 0.216 e. The number of aromatic nitrogens is 2. The predicted octanol–water partition coefficient (Wildman–Crippen LogP) is 2.88. The van der Waals surface area contributed by atoms with Gasteiger partial charge in [0.1, 0.15) is 12.3 Å². The first-order valence-corrected chi connectivity index (χ1v) is 10.8. The van der Waals surface area contributed by atoms with Gasteiger partial charge in [-0.2, -0.15) is 5.10 Å². The summed E-state index contributed by atoms with van der Waals surface area (Å²) in [6.07, 6.45) is 0. The quantitative estimate of drug-likeness (QED) is 0.311. The minimum Gasteiger partial charge on any atom is -0.475 e. The van der Waals surface area contributed by atoms with Gasteiger partial charge in [0.25, 0.3) is 0 Å². The van der Waals surface area contributed by atoms with Crippen molar-refractivity contribution < 1.29 is 14.6 Å². The maximum atomic E-state index is 10.1. The van der Waals surface area contributed by atoms with E-state index in [0.29, 0.717) is 30.5 Å². The number of hydrogen-bond acceptors (Lipinski definition) is 7. The van der Waals surface area contributed by atoms with Crippen LogP contribution in [0.5, 0.6) is 5.88 Å². The molecule has 32 heavy (non-hydrogen) atoms. The molecule has 1 saturated heterocycles. The molecule has 1 aliphatic heterocycles. The SMILES string of the molecule is Cc1[nH]c2ccc(C(=NN)c3cc(N4CCOCC4)cc(OCC(C)(C)O)n3)cc2c1C. The Morgan fingerprint density at radius 2 is 2.00 bits per heavy atom. The van der Waals surface area contributed by atoms with Crippen LogP contribution >= 0.6 is 0 Å². The normalized spacial score (nSPS) is 15.4. The number of hydrazone groups is 1. The number of nitrogens with two attached hydrogens (primary N) is 1. The number of nitrogens with one attached hydrogen (secondary N) is 1. The van der Waals surface area contributed by atoms with Crippen LogP contribution in [-0.4, -0.2) is 59.3 Å². The predicted molar refractivity (Wildman–Crippen MR) is 127 cm³/mol. The Hall–Kier alpha value is -3.10. The number of nitrogens with zero attached hydrogens (tertiary/aromatic N) is 3. The van der Waals surface area contributed by atoms with Gasteiger partial charge < -0.3 is 30.3 Å². The van der Waals surface area contributed by atoms with Crippen LogP contribution in [0.25, 0.3) is 10.9 Å². The number of pyridine rings is 1. The van der Waals surface area contributed by atoms with Gasteiger partial charge in [0, 0.05) is 47.0 Å². The molecule has 8 nitrogen and oxygen atoms in total. The van der Waals surface area contributed by atoms with Gasteiger partial charge in [-0.3, -0.25) is 0 Å². The number of aryl methyl sites for hydroxylation is 2. The fraction of sp³-hybridized carbons (Fsp3) is 0.417. The summed E-state index contributed by atoms with van der Waals surface area (Å²) in [5, 5.41) is 15.3. The van der Waals surface area contributed by atoms with Gasteiger partial charge in [-0.15, -0.1) is 0 Å². The Labute approximate surface area is 188 Å². The number of aliphatic hydroxyl groups is 1. The molecule has 0 radical (unpaired) electrons. The lowest BCUT2D eigenvalue weighted by Gasteiger charge is -2.29. The van der Waals surface area contributed by atoms with E-state index in [-0.39, 0.29) is 6.61 Å². The number of hydrogen-bond donors (Lipinski definition) is 3. The summed E-state index contributed by atoms with van der Waals surface area (Å²) in [7, 11) is 0. The second-order valence-electron chi connectivity index (χ2n) is 8.86. The minimum atomic E-state index is -0.976. The average Bonchev–Trinajstić information content (AvgIpc) is 3.06. The van der Waals surface area contributed by atoms with E-state index in [2.05, 4.69) is 39.9 Å². The number of fused-ring (bicyclic) bond motifs is 1. The Morgan fingerprint density at radius 1 is 1.25 bits per heavy atom. The molecule has 2 aromatic heterocycles.